The van der Waals surface area contributed by atoms with Crippen LogP contribution in [0.25, 0.3) is 9.69 Å². The Labute approximate surface area is 126 Å². The van der Waals surface area contributed by atoms with Gasteiger partial charge in [-0.1, -0.05) is 19.2 Å². The maximum absolute atomic E-state index is 7.50. The zero-order valence-corrected chi connectivity index (χ0v) is 13.4. The Hall–Kier alpha value is -2.46. The van der Waals surface area contributed by atoms with Gasteiger partial charge in [-0.2, -0.15) is 0 Å². The highest BCUT2D eigenvalue weighted by atomic mass is 15.5. The van der Waals surface area contributed by atoms with E-state index in [1.807, 2.05) is 23.8 Å². The van der Waals surface area contributed by atoms with Crippen LogP contribution in [-0.4, -0.2) is 18.1 Å². The molecule has 0 amide bonds. The summed E-state index contributed by atoms with van der Waals surface area (Å²) in [6, 6.07) is 2.18. The van der Waals surface area contributed by atoms with Crippen molar-refractivity contribution < 1.29 is 0 Å². The van der Waals surface area contributed by atoms with Gasteiger partial charge in [0.2, 0.25) is 12.0 Å². The van der Waals surface area contributed by atoms with E-state index in [2.05, 4.69) is 43.5 Å². The maximum Gasteiger partial charge on any atom is 0.253 e. The molecule has 4 heteroatoms. The number of rotatable bonds is 1. The Morgan fingerprint density at radius 3 is 1.86 bits per heavy atom. The summed E-state index contributed by atoms with van der Waals surface area (Å²) >= 11 is 0. The molecule has 108 valence electrons. The topological polar surface area (TPSA) is 15.2 Å². The van der Waals surface area contributed by atoms with Crippen LogP contribution in [0.2, 0.25) is 0 Å². The highest BCUT2D eigenvalue weighted by Gasteiger charge is 2.40. The molecule has 0 bridgehead atoms. The van der Waals surface area contributed by atoms with Crippen LogP contribution in [0.1, 0.15) is 29.2 Å². The standard InChI is InChI=1S/C17H20N4/c1-10-9-11(2)13(4)15(12(10)3)21-14(5)20(8)16(18-6)17(21)19-7/h9,14H,1-5,8H3/t14-/m0/s1. The fraction of sp³-hybridized carbons (Fsp3) is 0.412. The minimum absolute atomic E-state index is 0.0307. The van der Waals surface area contributed by atoms with Crippen LogP contribution in [0.4, 0.5) is 5.69 Å². The zero-order chi connectivity index (χ0) is 15.9. The van der Waals surface area contributed by atoms with Crippen LogP contribution in [-0.2, 0) is 0 Å². The summed E-state index contributed by atoms with van der Waals surface area (Å²) in [5.74, 6) is 0.853. The minimum atomic E-state index is -0.0307. The van der Waals surface area contributed by atoms with Crippen molar-refractivity contribution in [2.45, 2.75) is 40.8 Å². The number of hydrogen-bond acceptors (Lipinski definition) is 2. The Morgan fingerprint density at radius 1 is 0.952 bits per heavy atom. The average Bonchev–Trinajstić information content (AvgIpc) is 2.69. The molecule has 0 aliphatic carbocycles. The predicted octanol–water partition coefficient (Wildman–Crippen LogP) is 3.98. The van der Waals surface area contributed by atoms with Gasteiger partial charge in [0.15, 0.2) is 0 Å². The van der Waals surface area contributed by atoms with Crippen molar-refractivity contribution in [2.24, 2.45) is 0 Å². The summed E-state index contributed by atoms with van der Waals surface area (Å²) in [7, 11) is 1.87. The second kappa shape index (κ2) is 5.14. The molecule has 0 saturated carbocycles. The van der Waals surface area contributed by atoms with E-state index in [0.717, 1.165) is 5.69 Å². The van der Waals surface area contributed by atoms with E-state index in [0.29, 0.717) is 11.6 Å². The molecule has 0 radical (unpaired) electrons. The molecule has 1 atom stereocenters. The molecule has 1 heterocycles. The molecule has 0 saturated heterocycles. The third-order valence-electron chi connectivity index (χ3n) is 4.48. The smallest absolute Gasteiger partial charge is 0.253 e. The largest absolute Gasteiger partial charge is 0.374 e. The van der Waals surface area contributed by atoms with E-state index in [-0.39, 0.29) is 6.17 Å². The van der Waals surface area contributed by atoms with Crippen molar-refractivity contribution in [3.8, 4) is 0 Å². The molecule has 0 aromatic heterocycles. The summed E-state index contributed by atoms with van der Waals surface area (Å²) in [6.07, 6.45) is -0.0307. The summed E-state index contributed by atoms with van der Waals surface area (Å²) in [6.45, 7) is 25.2. The van der Waals surface area contributed by atoms with E-state index in [1.165, 1.54) is 22.3 Å². The first kappa shape index (κ1) is 14.9. The van der Waals surface area contributed by atoms with Crippen LogP contribution in [0.15, 0.2) is 17.7 Å². The Balaban J connectivity index is 2.77. The van der Waals surface area contributed by atoms with E-state index in [9.17, 15) is 0 Å². The van der Waals surface area contributed by atoms with E-state index in [4.69, 9.17) is 13.1 Å². The van der Waals surface area contributed by atoms with Gasteiger partial charge in [0, 0.05) is 6.92 Å². The lowest BCUT2D eigenvalue weighted by Crippen LogP contribution is -2.36. The summed E-state index contributed by atoms with van der Waals surface area (Å²) in [5.41, 5.74) is 5.83. The van der Waals surface area contributed by atoms with Crippen molar-refractivity contribution in [2.75, 3.05) is 11.9 Å². The lowest BCUT2D eigenvalue weighted by Gasteiger charge is -2.27. The van der Waals surface area contributed by atoms with Gasteiger partial charge in [0.05, 0.1) is 7.05 Å². The first-order chi connectivity index (χ1) is 9.84. The van der Waals surface area contributed by atoms with E-state index < -0.39 is 0 Å². The van der Waals surface area contributed by atoms with Crippen molar-refractivity contribution in [1.82, 2.24) is 4.90 Å². The first-order valence-corrected chi connectivity index (χ1v) is 6.93. The third-order valence-corrected chi connectivity index (χ3v) is 4.48. The third kappa shape index (κ3) is 2.04. The molecular weight excluding hydrogens is 260 g/mol. The molecule has 0 unspecified atom stereocenters. The lowest BCUT2D eigenvalue weighted by molar-refractivity contribution is 0.364. The molecule has 0 fully saturated rings. The minimum Gasteiger partial charge on any atom is -0.374 e. The fourth-order valence-electron chi connectivity index (χ4n) is 2.88. The van der Waals surface area contributed by atoms with Crippen LogP contribution in [0, 0.1) is 40.8 Å². The lowest BCUT2D eigenvalue weighted by atomic mass is 9.97. The quantitative estimate of drug-likeness (QED) is 0.723. The van der Waals surface area contributed by atoms with Crippen LogP contribution >= 0.6 is 0 Å². The molecule has 0 spiro atoms. The van der Waals surface area contributed by atoms with Gasteiger partial charge in [-0.05, 0) is 49.9 Å². The summed E-state index contributed by atoms with van der Waals surface area (Å²) in [4.78, 5) is 11.1. The highest BCUT2D eigenvalue weighted by molar-refractivity contribution is 5.69. The SMILES string of the molecule is [C-]#[N+]C1=C([N+]#[C-])N(c2c(C)c(C)cc(C)c2C)[C@@H](C)N1C. The Bertz CT molecular complexity index is 690. The fourth-order valence-corrected chi connectivity index (χ4v) is 2.88. The van der Waals surface area contributed by atoms with Crippen molar-refractivity contribution in [3.05, 3.63) is 62.8 Å². The van der Waals surface area contributed by atoms with Gasteiger partial charge in [0.1, 0.15) is 5.69 Å². The second-order valence-corrected chi connectivity index (χ2v) is 5.59. The molecule has 21 heavy (non-hydrogen) atoms. The van der Waals surface area contributed by atoms with Crippen molar-refractivity contribution in [1.29, 1.82) is 0 Å². The van der Waals surface area contributed by atoms with Gasteiger partial charge < -0.3 is 14.6 Å². The molecule has 0 N–H and O–H groups in total. The molecule has 4 nitrogen and oxygen atoms in total. The molecule has 1 aromatic rings. The number of anilines is 1. The maximum atomic E-state index is 7.50. The van der Waals surface area contributed by atoms with Crippen LogP contribution in [0.5, 0.6) is 0 Å². The monoisotopic (exact) mass is 280 g/mol. The van der Waals surface area contributed by atoms with Gasteiger partial charge >= 0.3 is 0 Å². The summed E-state index contributed by atoms with van der Waals surface area (Å²) < 4.78 is 0. The number of nitrogens with zero attached hydrogens (tertiary/aromatic N) is 4. The average molecular weight is 280 g/mol. The first-order valence-electron chi connectivity index (χ1n) is 6.93. The van der Waals surface area contributed by atoms with Crippen LogP contribution < -0.4 is 4.90 Å². The molecule has 1 aliphatic rings. The normalized spacial score (nSPS) is 18.0. The molecule has 1 aromatic carbocycles. The van der Waals surface area contributed by atoms with Gasteiger partial charge in [-0.15, -0.1) is 0 Å². The van der Waals surface area contributed by atoms with Crippen LogP contribution in [0.3, 0.4) is 0 Å². The Kier molecular flexibility index (Phi) is 3.66. The predicted molar refractivity (Wildman–Crippen MR) is 85.3 cm³/mol. The zero-order valence-electron chi connectivity index (χ0n) is 13.4. The van der Waals surface area contributed by atoms with Gasteiger partial charge in [-0.25, -0.2) is 0 Å². The molecular formula is C17H20N4. The number of aryl methyl sites for hydroxylation is 2. The van der Waals surface area contributed by atoms with Gasteiger partial charge in [-0.3, -0.25) is 4.90 Å². The second-order valence-electron chi connectivity index (χ2n) is 5.59. The molecule has 2 rings (SSSR count). The summed E-state index contributed by atoms with van der Waals surface area (Å²) in [5, 5.41) is 0. The highest BCUT2D eigenvalue weighted by Crippen LogP contribution is 2.40. The van der Waals surface area contributed by atoms with Gasteiger partial charge in [0.25, 0.3) is 5.82 Å². The Morgan fingerprint density at radius 2 is 1.43 bits per heavy atom. The molecule has 1 aliphatic heterocycles. The number of benzene rings is 1. The van der Waals surface area contributed by atoms with Crippen molar-refractivity contribution in [3.63, 3.8) is 0 Å². The number of hydrogen-bond donors (Lipinski definition) is 0. The van der Waals surface area contributed by atoms with Crippen molar-refractivity contribution >= 4 is 5.69 Å². The van der Waals surface area contributed by atoms with E-state index in [1.54, 1.807) is 0 Å². The van der Waals surface area contributed by atoms with E-state index >= 15 is 0 Å².